The summed E-state index contributed by atoms with van der Waals surface area (Å²) in [7, 11) is 1.80. The maximum absolute atomic E-state index is 11.2. The summed E-state index contributed by atoms with van der Waals surface area (Å²) in [5, 5.41) is 3.87. The molecule has 0 bridgehead atoms. The van der Waals surface area contributed by atoms with Gasteiger partial charge in [0.25, 0.3) is 5.91 Å². The highest BCUT2D eigenvalue weighted by Crippen LogP contribution is 2.33. The van der Waals surface area contributed by atoms with Crippen LogP contribution in [-0.4, -0.2) is 19.1 Å². The number of rotatable bonds is 6. The second-order valence-corrected chi connectivity index (χ2v) is 4.67. The molecular weight excluding hydrogens is 275 g/mol. The molecule has 1 rings (SSSR count). The highest BCUT2D eigenvalue weighted by atomic mass is 35.5. The smallest absolute Gasteiger partial charge is 0.258 e. The van der Waals surface area contributed by atoms with Crippen LogP contribution in [0.2, 0.25) is 10.0 Å². The number of carbonyl (C=O) groups excluding carboxylic acids is 1. The van der Waals surface area contributed by atoms with Gasteiger partial charge in [-0.15, -0.1) is 0 Å². The predicted octanol–water partition coefficient (Wildman–Crippen LogP) is 2.36. The first-order valence-corrected chi connectivity index (χ1v) is 6.33. The van der Waals surface area contributed by atoms with Gasteiger partial charge >= 0.3 is 0 Å². The van der Waals surface area contributed by atoms with Crippen LogP contribution < -0.4 is 15.8 Å². The summed E-state index contributed by atoms with van der Waals surface area (Å²) in [6.07, 6.45) is -0.216. The summed E-state index contributed by atoms with van der Waals surface area (Å²) in [4.78, 5) is 11.2. The van der Waals surface area contributed by atoms with Gasteiger partial charge in [-0.05, 0) is 25.6 Å². The van der Waals surface area contributed by atoms with Crippen molar-refractivity contribution in [3.8, 4) is 5.75 Å². The summed E-state index contributed by atoms with van der Waals surface area (Å²) >= 11 is 12.0. The van der Waals surface area contributed by atoms with Gasteiger partial charge in [0.15, 0.2) is 6.10 Å². The molecule has 1 amide bonds. The Kier molecular flexibility index (Phi) is 5.72. The molecule has 0 spiro atoms. The number of carbonyl (C=O) groups is 1. The third kappa shape index (κ3) is 3.77. The molecule has 100 valence electrons. The molecule has 4 nitrogen and oxygen atoms in total. The van der Waals surface area contributed by atoms with Crippen LogP contribution in [0.3, 0.4) is 0 Å². The van der Waals surface area contributed by atoms with Crippen molar-refractivity contribution in [2.24, 2.45) is 5.73 Å². The van der Waals surface area contributed by atoms with Gasteiger partial charge in [-0.25, -0.2) is 0 Å². The lowest BCUT2D eigenvalue weighted by Gasteiger charge is -2.18. The fourth-order valence-electron chi connectivity index (χ4n) is 1.55. The number of ether oxygens (including phenoxy) is 1. The van der Waals surface area contributed by atoms with Crippen LogP contribution in [0.25, 0.3) is 0 Å². The Bertz CT molecular complexity index is 438. The Balaban J connectivity index is 3.09. The molecule has 0 radical (unpaired) electrons. The van der Waals surface area contributed by atoms with E-state index in [1.165, 1.54) is 0 Å². The normalized spacial score (nSPS) is 12.2. The standard InChI is InChI=1S/C12H16Cl2N2O2/c1-3-10(12(15)17)18-11-7(6-16-2)4-8(13)5-9(11)14/h4-5,10,16H,3,6H2,1-2H3,(H2,15,17). The lowest BCUT2D eigenvalue weighted by atomic mass is 10.2. The van der Waals surface area contributed by atoms with E-state index in [9.17, 15) is 4.79 Å². The van der Waals surface area contributed by atoms with E-state index in [1.807, 2.05) is 6.92 Å². The fraction of sp³-hybridized carbons (Fsp3) is 0.417. The molecule has 1 unspecified atom stereocenters. The largest absolute Gasteiger partial charge is 0.479 e. The lowest BCUT2D eigenvalue weighted by molar-refractivity contribution is -0.124. The first kappa shape index (κ1) is 15.1. The van der Waals surface area contributed by atoms with Crippen LogP contribution in [0.4, 0.5) is 0 Å². The summed E-state index contributed by atoms with van der Waals surface area (Å²) in [6, 6.07) is 3.32. The minimum Gasteiger partial charge on any atom is -0.479 e. The van der Waals surface area contributed by atoms with E-state index in [-0.39, 0.29) is 0 Å². The number of nitrogens with one attached hydrogen (secondary N) is 1. The van der Waals surface area contributed by atoms with Crippen molar-refractivity contribution in [3.63, 3.8) is 0 Å². The lowest BCUT2D eigenvalue weighted by Crippen LogP contribution is -2.33. The molecule has 1 aromatic carbocycles. The van der Waals surface area contributed by atoms with Gasteiger partial charge in [0.2, 0.25) is 0 Å². The van der Waals surface area contributed by atoms with E-state index in [0.29, 0.717) is 28.8 Å². The van der Waals surface area contributed by atoms with E-state index in [0.717, 1.165) is 5.56 Å². The first-order valence-electron chi connectivity index (χ1n) is 5.58. The van der Waals surface area contributed by atoms with Gasteiger partial charge in [0.05, 0.1) is 5.02 Å². The molecule has 0 aliphatic carbocycles. The van der Waals surface area contributed by atoms with E-state index in [2.05, 4.69) is 5.32 Å². The topological polar surface area (TPSA) is 64.3 Å². The van der Waals surface area contributed by atoms with Crippen LogP contribution in [0.1, 0.15) is 18.9 Å². The molecule has 0 saturated heterocycles. The van der Waals surface area contributed by atoms with Crippen LogP contribution in [-0.2, 0) is 11.3 Å². The average molecular weight is 291 g/mol. The van der Waals surface area contributed by atoms with Crippen molar-refractivity contribution in [2.75, 3.05) is 7.05 Å². The van der Waals surface area contributed by atoms with E-state index in [1.54, 1.807) is 19.2 Å². The average Bonchev–Trinajstić information content (AvgIpc) is 2.28. The zero-order chi connectivity index (χ0) is 13.7. The number of nitrogens with two attached hydrogens (primary N) is 1. The van der Waals surface area contributed by atoms with Gasteiger partial charge in [-0.1, -0.05) is 30.1 Å². The molecule has 0 fully saturated rings. The molecule has 18 heavy (non-hydrogen) atoms. The number of amides is 1. The zero-order valence-electron chi connectivity index (χ0n) is 10.3. The molecule has 1 aromatic rings. The van der Waals surface area contributed by atoms with Gasteiger partial charge in [-0.2, -0.15) is 0 Å². The van der Waals surface area contributed by atoms with E-state index >= 15 is 0 Å². The Labute approximate surface area is 116 Å². The van der Waals surface area contributed by atoms with Crippen molar-refractivity contribution >= 4 is 29.1 Å². The van der Waals surface area contributed by atoms with Crippen molar-refractivity contribution in [1.82, 2.24) is 5.32 Å². The highest BCUT2D eigenvalue weighted by molar-refractivity contribution is 6.35. The molecule has 0 saturated carbocycles. The second-order valence-electron chi connectivity index (χ2n) is 3.82. The van der Waals surface area contributed by atoms with Crippen molar-refractivity contribution < 1.29 is 9.53 Å². The fourth-order valence-corrected chi connectivity index (χ4v) is 2.13. The van der Waals surface area contributed by atoms with Gasteiger partial charge < -0.3 is 15.8 Å². The van der Waals surface area contributed by atoms with Gasteiger partial charge in [0, 0.05) is 17.1 Å². The molecule has 0 aromatic heterocycles. The minimum absolute atomic E-state index is 0.368. The Morgan fingerprint density at radius 3 is 2.67 bits per heavy atom. The zero-order valence-corrected chi connectivity index (χ0v) is 11.8. The van der Waals surface area contributed by atoms with Gasteiger partial charge in [0.1, 0.15) is 5.75 Å². The number of hydrogen-bond donors (Lipinski definition) is 2. The molecule has 6 heteroatoms. The summed E-state index contributed by atoms with van der Waals surface area (Å²) in [5.41, 5.74) is 6.04. The monoisotopic (exact) mass is 290 g/mol. The van der Waals surface area contributed by atoms with Crippen molar-refractivity contribution in [3.05, 3.63) is 27.7 Å². The predicted molar refractivity (Wildman–Crippen MR) is 73.1 cm³/mol. The van der Waals surface area contributed by atoms with E-state index in [4.69, 9.17) is 33.7 Å². The Morgan fingerprint density at radius 2 is 2.17 bits per heavy atom. The van der Waals surface area contributed by atoms with Crippen LogP contribution in [0.15, 0.2) is 12.1 Å². The van der Waals surface area contributed by atoms with Crippen LogP contribution in [0.5, 0.6) is 5.75 Å². The van der Waals surface area contributed by atoms with Crippen molar-refractivity contribution in [2.45, 2.75) is 26.0 Å². The summed E-state index contributed by atoms with van der Waals surface area (Å²) < 4.78 is 5.59. The Hall–Kier alpha value is -0.970. The van der Waals surface area contributed by atoms with Gasteiger partial charge in [-0.3, -0.25) is 4.79 Å². The summed E-state index contributed by atoms with van der Waals surface area (Å²) in [6.45, 7) is 2.35. The number of hydrogen-bond acceptors (Lipinski definition) is 3. The SMILES string of the molecule is CCC(Oc1c(Cl)cc(Cl)cc1CNC)C(N)=O. The Morgan fingerprint density at radius 1 is 1.50 bits per heavy atom. The van der Waals surface area contributed by atoms with E-state index < -0.39 is 12.0 Å². The number of halogens is 2. The molecule has 3 N–H and O–H groups in total. The summed E-state index contributed by atoms with van der Waals surface area (Å²) in [5.74, 6) is -0.0695. The van der Waals surface area contributed by atoms with Crippen LogP contribution in [0, 0.1) is 0 Å². The second kappa shape index (κ2) is 6.83. The van der Waals surface area contributed by atoms with Crippen molar-refractivity contribution in [1.29, 1.82) is 0 Å². The first-order chi connectivity index (χ1) is 8.49. The minimum atomic E-state index is -0.695. The molecule has 1 atom stereocenters. The van der Waals surface area contributed by atoms with Crippen LogP contribution >= 0.6 is 23.2 Å². The molecule has 0 aliphatic rings. The molecule has 0 heterocycles. The highest BCUT2D eigenvalue weighted by Gasteiger charge is 2.19. The maximum Gasteiger partial charge on any atom is 0.258 e. The third-order valence-electron chi connectivity index (χ3n) is 2.40. The quantitative estimate of drug-likeness (QED) is 0.845. The molecule has 0 aliphatic heterocycles. The third-order valence-corrected chi connectivity index (χ3v) is 2.90. The number of primary amides is 1. The number of benzene rings is 1. The molecular formula is C12H16Cl2N2O2. The maximum atomic E-state index is 11.2.